The second kappa shape index (κ2) is 6.22. The molecule has 0 saturated carbocycles. The Morgan fingerprint density at radius 1 is 0.615 bits per heavy atom. The molecular weight excluding hydrogens is 358 g/mol. The van der Waals surface area contributed by atoms with Gasteiger partial charge in [-0.15, -0.1) is 0 Å². The minimum absolute atomic E-state index is 0.111. The summed E-state index contributed by atoms with van der Waals surface area (Å²) in [4.78, 5) is 0. The largest absolute Gasteiger partial charge is 0.481 e. The second-order valence-electron chi connectivity index (χ2n) is 9.03. The van der Waals surface area contributed by atoms with Crippen LogP contribution in [0.1, 0.15) is 41.5 Å². The smallest absolute Gasteiger partial charge is 0.162 e. The molecule has 0 spiro atoms. The number of benzene rings is 2. The maximum Gasteiger partial charge on any atom is 0.162 e. The highest BCUT2D eigenvalue weighted by Gasteiger charge is 2.53. The Labute approximate surface area is 159 Å². The van der Waals surface area contributed by atoms with E-state index in [0.717, 1.165) is 11.5 Å². The van der Waals surface area contributed by atoms with E-state index in [0.29, 0.717) is 0 Å². The van der Waals surface area contributed by atoms with Gasteiger partial charge in [0.25, 0.3) is 0 Å². The van der Waals surface area contributed by atoms with Gasteiger partial charge in [-0.3, -0.25) is 0 Å². The van der Waals surface area contributed by atoms with Crippen LogP contribution >= 0.6 is 15.8 Å². The Kier molecular flexibility index (Phi) is 4.37. The number of hydrogen-bond acceptors (Lipinski definition) is 2. The van der Waals surface area contributed by atoms with Crippen LogP contribution in [0.3, 0.4) is 0 Å². The van der Waals surface area contributed by atoms with Gasteiger partial charge in [0.15, 0.2) is 11.7 Å². The molecule has 4 rings (SSSR count). The zero-order valence-electron chi connectivity index (χ0n) is 16.5. The van der Waals surface area contributed by atoms with Gasteiger partial charge in [0.05, 0.1) is 0 Å². The van der Waals surface area contributed by atoms with Crippen molar-refractivity contribution in [2.45, 2.75) is 63.5 Å². The van der Waals surface area contributed by atoms with Crippen LogP contribution in [0.25, 0.3) is 0 Å². The number of fused-ring (bicyclic) bond motifs is 2. The summed E-state index contributed by atoms with van der Waals surface area (Å²) in [5.74, 6) is 2.34. The lowest BCUT2D eigenvalue weighted by Gasteiger charge is -2.39. The molecule has 0 amide bonds. The minimum Gasteiger partial charge on any atom is -0.481 e. The highest BCUT2D eigenvalue weighted by molar-refractivity contribution is 7.72. The number of para-hydroxylation sites is 2. The van der Waals surface area contributed by atoms with Gasteiger partial charge < -0.3 is 9.47 Å². The quantitative estimate of drug-likeness (QED) is 0.591. The van der Waals surface area contributed by atoms with Crippen molar-refractivity contribution in [3.8, 4) is 11.5 Å². The average Bonchev–Trinajstić information content (AvgIpc) is 3.12. The van der Waals surface area contributed by atoms with Crippen LogP contribution in [0.2, 0.25) is 0 Å². The predicted molar refractivity (Wildman–Crippen MR) is 114 cm³/mol. The van der Waals surface area contributed by atoms with Crippen molar-refractivity contribution in [1.82, 2.24) is 0 Å². The van der Waals surface area contributed by atoms with Gasteiger partial charge in [-0.2, -0.15) is 0 Å². The molecule has 4 heteroatoms. The van der Waals surface area contributed by atoms with Gasteiger partial charge in [-0.05, 0) is 38.3 Å². The topological polar surface area (TPSA) is 18.5 Å². The Bertz CT molecular complexity index is 750. The van der Waals surface area contributed by atoms with E-state index >= 15 is 0 Å². The molecule has 0 bridgehead atoms. The SMILES string of the molecule is CC(C)(C)[P@]1c2ccccc2OC1C1Oc2ccccc2[P@@]1C(C)(C)C. The molecule has 4 atom stereocenters. The van der Waals surface area contributed by atoms with Crippen LogP contribution in [-0.2, 0) is 0 Å². The first-order chi connectivity index (χ1) is 12.2. The fraction of sp³-hybridized carbons (Fsp3) is 0.455. The molecule has 0 N–H and O–H groups in total. The third kappa shape index (κ3) is 2.96. The van der Waals surface area contributed by atoms with E-state index in [1.54, 1.807) is 0 Å². The van der Waals surface area contributed by atoms with E-state index in [1.165, 1.54) is 10.6 Å². The Morgan fingerprint density at radius 2 is 0.962 bits per heavy atom. The molecule has 0 fully saturated rings. The molecule has 0 radical (unpaired) electrons. The summed E-state index contributed by atoms with van der Waals surface area (Å²) >= 11 is 0. The highest BCUT2D eigenvalue weighted by Crippen LogP contribution is 2.67. The van der Waals surface area contributed by atoms with E-state index in [9.17, 15) is 0 Å². The molecule has 26 heavy (non-hydrogen) atoms. The summed E-state index contributed by atoms with van der Waals surface area (Å²) in [6.07, 6.45) is 0. The van der Waals surface area contributed by atoms with Crippen LogP contribution in [0, 0.1) is 0 Å². The summed E-state index contributed by atoms with van der Waals surface area (Å²) < 4.78 is 13.2. The standard InChI is InChI=1S/C22H28O2P2/c1-21(2,3)25-17-13-9-7-11-15(17)23-19(25)20-24-16-12-8-10-14-18(16)26(20)22(4,5)6/h7-14,19-20H,1-6H3/t19?,20?,25-,26-/m1/s1. The van der Waals surface area contributed by atoms with Crippen molar-refractivity contribution in [2.75, 3.05) is 0 Å². The minimum atomic E-state index is -0.484. The van der Waals surface area contributed by atoms with Crippen molar-refractivity contribution in [3.05, 3.63) is 48.5 Å². The van der Waals surface area contributed by atoms with Crippen molar-refractivity contribution in [1.29, 1.82) is 0 Å². The maximum atomic E-state index is 6.61. The summed E-state index contributed by atoms with van der Waals surface area (Å²) in [5, 5.41) is 3.12. The molecule has 2 aromatic carbocycles. The normalized spacial score (nSPS) is 27.5. The summed E-state index contributed by atoms with van der Waals surface area (Å²) in [7, 11) is -0.968. The first-order valence-electron chi connectivity index (χ1n) is 9.28. The zero-order valence-corrected chi connectivity index (χ0v) is 18.3. The monoisotopic (exact) mass is 386 g/mol. The first kappa shape index (κ1) is 18.3. The molecule has 0 aliphatic carbocycles. The Hall–Kier alpha value is -1.10. The number of hydrogen-bond donors (Lipinski definition) is 0. The number of ether oxygens (including phenoxy) is 2. The second-order valence-corrected chi connectivity index (χ2v) is 15.2. The maximum absolute atomic E-state index is 6.61. The highest BCUT2D eigenvalue weighted by atomic mass is 31.1. The third-order valence-electron chi connectivity index (χ3n) is 4.94. The van der Waals surface area contributed by atoms with Gasteiger partial charge in [0.2, 0.25) is 0 Å². The first-order valence-corrected chi connectivity index (χ1v) is 12.1. The molecule has 2 aromatic rings. The molecular formula is C22H28O2P2. The molecule has 2 nitrogen and oxygen atoms in total. The van der Waals surface area contributed by atoms with Crippen LogP contribution in [0.15, 0.2) is 48.5 Å². The van der Waals surface area contributed by atoms with E-state index < -0.39 is 15.8 Å². The van der Waals surface area contributed by atoms with E-state index in [4.69, 9.17) is 9.47 Å². The fourth-order valence-electron chi connectivity index (χ4n) is 4.01. The molecule has 0 aromatic heterocycles. The lowest BCUT2D eigenvalue weighted by Crippen LogP contribution is -2.37. The van der Waals surface area contributed by atoms with Gasteiger partial charge in [-0.1, -0.05) is 77.9 Å². The predicted octanol–water partition coefficient (Wildman–Crippen LogP) is 5.64. The summed E-state index contributed by atoms with van der Waals surface area (Å²) in [5.41, 5.74) is 0. The average molecular weight is 386 g/mol. The lowest BCUT2D eigenvalue weighted by molar-refractivity contribution is 0.171. The Morgan fingerprint density at radius 3 is 1.31 bits per heavy atom. The molecule has 2 unspecified atom stereocenters. The molecule has 138 valence electrons. The summed E-state index contributed by atoms with van der Waals surface area (Å²) in [6, 6.07) is 17.2. The van der Waals surface area contributed by atoms with Crippen LogP contribution in [0.5, 0.6) is 11.5 Å². The van der Waals surface area contributed by atoms with Gasteiger partial charge in [0, 0.05) is 10.6 Å². The van der Waals surface area contributed by atoms with Gasteiger partial charge >= 0.3 is 0 Å². The molecule has 2 aliphatic heterocycles. The summed E-state index contributed by atoms with van der Waals surface area (Å²) in [6.45, 7) is 14.1. The van der Waals surface area contributed by atoms with Gasteiger partial charge in [0.1, 0.15) is 11.5 Å². The fourth-order valence-corrected chi connectivity index (χ4v) is 10.6. The van der Waals surface area contributed by atoms with Crippen LogP contribution in [-0.4, -0.2) is 22.0 Å². The van der Waals surface area contributed by atoms with E-state index in [1.807, 2.05) is 0 Å². The van der Waals surface area contributed by atoms with Crippen molar-refractivity contribution in [3.63, 3.8) is 0 Å². The van der Waals surface area contributed by atoms with E-state index in [-0.39, 0.29) is 22.0 Å². The molecule has 2 heterocycles. The van der Waals surface area contributed by atoms with Gasteiger partial charge in [-0.25, -0.2) is 0 Å². The van der Waals surface area contributed by atoms with Crippen molar-refractivity contribution >= 4 is 26.5 Å². The van der Waals surface area contributed by atoms with Crippen molar-refractivity contribution < 1.29 is 9.47 Å². The Balaban J connectivity index is 1.80. The van der Waals surface area contributed by atoms with Crippen molar-refractivity contribution in [2.24, 2.45) is 0 Å². The molecule has 0 saturated heterocycles. The number of rotatable bonds is 1. The molecule has 2 aliphatic rings. The van der Waals surface area contributed by atoms with Crippen LogP contribution < -0.4 is 20.1 Å². The third-order valence-corrected chi connectivity index (χ3v) is 11.6. The van der Waals surface area contributed by atoms with E-state index in [2.05, 4.69) is 90.1 Å². The lowest BCUT2D eigenvalue weighted by atomic mass is 10.3. The zero-order chi connectivity index (χ0) is 18.7. The van der Waals surface area contributed by atoms with Crippen LogP contribution in [0.4, 0.5) is 0 Å².